The third kappa shape index (κ3) is 3.96. The van der Waals surface area contributed by atoms with E-state index in [9.17, 15) is 4.39 Å². The molecule has 0 aromatic carbocycles. The topological polar surface area (TPSA) is 41.0 Å². The summed E-state index contributed by atoms with van der Waals surface area (Å²) < 4.78 is 13.7. The number of nitrogens with zero attached hydrogens (tertiary/aromatic N) is 3. The highest BCUT2D eigenvalue weighted by Crippen LogP contribution is 2.37. The maximum atomic E-state index is 13.7. The average molecular weight is 337 g/mol. The second kappa shape index (κ2) is 6.23. The van der Waals surface area contributed by atoms with Gasteiger partial charge in [0, 0.05) is 17.1 Å². The first kappa shape index (κ1) is 18.4. The van der Waals surface area contributed by atoms with Gasteiger partial charge in [0.15, 0.2) is 11.6 Å². The number of piperidine rings is 1. The predicted molar refractivity (Wildman–Crippen MR) is 86.8 cm³/mol. The van der Waals surface area contributed by atoms with Gasteiger partial charge in [0.05, 0.1) is 6.20 Å². The summed E-state index contributed by atoms with van der Waals surface area (Å²) in [5, 5.41) is 3.24. The molecule has 1 N–H and O–H groups in total. The third-order valence-electron chi connectivity index (χ3n) is 4.36. The van der Waals surface area contributed by atoms with Crippen LogP contribution in [0.1, 0.15) is 40.5 Å². The molecule has 2 rings (SSSR count). The highest BCUT2D eigenvalue weighted by Gasteiger charge is 2.43. The molecule has 0 aliphatic carbocycles. The molecule has 1 fully saturated rings. The van der Waals surface area contributed by atoms with Crippen molar-refractivity contribution in [2.24, 2.45) is 0 Å². The lowest BCUT2D eigenvalue weighted by Crippen LogP contribution is -2.61. The fourth-order valence-corrected chi connectivity index (χ4v) is 3.25. The second-order valence-electron chi connectivity index (χ2n) is 6.77. The van der Waals surface area contributed by atoms with Gasteiger partial charge in [-0.1, -0.05) is 0 Å². The van der Waals surface area contributed by atoms with Crippen LogP contribution in [0.4, 0.5) is 10.2 Å². The van der Waals surface area contributed by atoms with E-state index in [4.69, 9.17) is 11.6 Å². The molecule has 1 aromatic rings. The Kier molecular flexibility index (Phi) is 5.45. The van der Waals surface area contributed by atoms with Crippen molar-refractivity contribution in [3.8, 4) is 0 Å². The molecular weight excluding hydrogens is 314 g/mol. The Labute approximate surface area is 136 Å². The van der Waals surface area contributed by atoms with Gasteiger partial charge in [-0.15, -0.1) is 12.4 Å². The number of hydrogen-bond acceptors (Lipinski definition) is 4. The molecule has 4 nitrogen and oxygen atoms in total. The summed E-state index contributed by atoms with van der Waals surface area (Å²) in [5.74, 6) is -0.282. The molecule has 1 aliphatic rings. The van der Waals surface area contributed by atoms with Crippen molar-refractivity contribution in [2.75, 3.05) is 12.4 Å². The second-order valence-corrected chi connectivity index (χ2v) is 7.11. The van der Waals surface area contributed by atoms with E-state index in [2.05, 4.69) is 54.9 Å². The van der Waals surface area contributed by atoms with E-state index < -0.39 is 5.82 Å². The van der Waals surface area contributed by atoms with Crippen LogP contribution in [0.15, 0.2) is 6.20 Å². The highest BCUT2D eigenvalue weighted by molar-refractivity contribution is 6.28. The standard InChI is InChI=1S/C14H22ClFN4.ClH/c1-13(2)6-9(7-14(3,4)20(13)5)18-11-10(16)8-17-12(15)19-11;/h8-9H,6-7H2,1-5H3,(H,17,18,19);1H. The van der Waals surface area contributed by atoms with Crippen molar-refractivity contribution in [2.45, 2.75) is 57.7 Å². The minimum absolute atomic E-state index is 0. The SMILES string of the molecule is CN1C(C)(C)CC(Nc2nc(Cl)ncc2F)CC1(C)C.Cl. The number of nitrogens with one attached hydrogen (secondary N) is 1. The van der Waals surface area contributed by atoms with Gasteiger partial charge in [0.25, 0.3) is 0 Å². The summed E-state index contributed by atoms with van der Waals surface area (Å²) in [6.07, 6.45) is 2.92. The maximum Gasteiger partial charge on any atom is 0.224 e. The molecule has 0 atom stereocenters. The van der Waals surface area contributed by atoms with E-state index in [1.807, 2.05) is 0 Å². The summed E-state index contributed by atoms with van der Waals surface area (Å²) in [4.78, 5) is 9.95. The van der Waals surface area contributed by atoms with Crippen molar-refractivity contribution in [1.82, 2.24) is 14.9 Å². The van der Waals surface area contributed by atoms with Gasteiger partial charge in [0.2, 0.25) is 5.28 Å². The van der Waals surface area contributed by atoms with Crippen LogP contribution in [0.25, 0.3) is 0 Å². The van der Waals surface area contributed by atoms with Crippen LogP contribution in [0.3, 0.4) is 0 Å². The summed E-state index contributed by atoms with van der Waals surface area (Å²) in [5.41, 5.74) is 0.0689. The molecule has 0 radical (unpaired) electrons. The van der Waals surface area contributed by atoms with E-state index >= 15 is 0 Å². The Balaban J connectivity index is 0.00000220. The van der Waals surface area contributed by atoms with E-state index in [1.54, 1.807) is 0 Å². The zero-order chi connectivity index (χ0) is 15.1. The van der Waals surface area contributed by atoms with Gasteiger partial charge >= 0.3 is 0 Å². The van der Waals surface area contributed by atoms with Crippen molar-refractivity contribution < 1.29 is 4.39 Å². The highest BCUT2D eigenvalue weighted by atomic mass is 35.5. The van der Waals surface area contributed by atoms with Gasteiger partial charge in [0.1, 0.15) is 0 Å². The smallest absolute Gasteiger partial charge is 0.224 e. The lowest BCUT2D eigenvalue weighted by atomic mass is 9.77. The zero-order valence-corrected chi connectivity index (χ0v) is 14.6. The molecule has 1 saturated heterocycles. The molecule has 0 unspecified atom stereocenters. The summed E-state index contributed by atoms with van der Waals surface area (Å²) in [7, 11) is 2.14. The quantitative estimate of drug-likeness (QED) is 0.835. The van der Waals surface area contributed by atoms with Gasteiger partial charge in [-0.3, -0.25) is 4.90 Å². The van der Waals surface area contributed by atoms with Gasteiger partial charge in [-0.2, -0.15) is 4.98 Å². The van der Waals surface area contributed by atoms with E-state index in [0.29, 0.717) is 0 Å². The van der Waals surface area contributed by atoms with Gasteiger partial charge < -0.3 is 5.32 Å². The molecule has 0 amide bonds. The molecule has 2 heterocycles. The Morgan fingerprint density at radius 3 is 2.33 bits per heavy atom. The molecule has 7 heteroatoms. The number of likely N-dealkylation sites (tertiary alicyclic amines) is 1. The van der Waals surface area contributed by atoms with E-state index in [1.165, 1.54) is 0 Å². The van der Waals surface area contributed by atoms with Crippen LogP contribution in [0.2, 0.25) is 5.28 Å². The van der Waals surface area contributed by atoms with Crippen LogP contribution < -0.4 is 5.32 Å². The molecule has 1 aromatic heterocycles. The van der Waals surface area contributed by atoms with Crippen LogP contribution in [0, 0.1) is 5.82 Å². The first-order chi connectivity index (χ1) is 9.12. The lowest BCUT2D eigenvalue weighted by Gasteiger charge is -2.53. The fourth-order valence-electron chi connectivity index (χ4n) is 3.11. The Bertz CT molecular complexity index is 490. The predicted octanol–water partition coefficient (Wildman–Crippen LogP) is 3.75. The fraction of sp³-hybridized carbons (Fsp3) is 0.714. The number of aromatic nitrogens is 2. The first-order valence-electron chi connectivity index (χ1n) is 6.80. The minimum Gasteiger partial charge on any atom is -0.365 e. The molecule has 0 bridgehead atoms. The zero-order valence-electron chi connectivity index (χ0n) is 13.1. The van der Waals surface area contributed by atoms with Crippen LogP contribution in [-0.2, 0) is 0 Å². The first-order valence-corrected chi connectivity index (χ1v) is 7.18. The van der Waals surface area contributed by atoms with Crippen LogP contribution >= 0.6 is 24.0 Å². The third-order valence-corrected chi connectivity index (χ3v) is 4.55. The van der Waals surface area contributed by atoms with Crippen molar-refractivity contribution in [1.29, 1.82) is 0 Å². The molecule has 21 heavy (non-hydrogen) atoms. The number of anilines is 1. The number of rotatable bonds is 2. The number of halogens is 3. The van der Waals surface area contributed by atoms with Crippen molar-refractivity contribution in [3.63, 3.8) is 0 Å². The summed E-state index contributed by atoms with van der Waals surface area (Å²) >= 11 is 5.73. The van der Waals surface area contributed by atoms with E-state index in [-0.39, 0.29) is 40.6 Å². The monoisotopic (exact) mass is 336 g/mol. The average Bonchev–Trinajstić information content (AvgIpc) is 2.30. The van der Waals surface area contributed by atoms with E-state index in [0.717, 1.165) is 19.0 Å². The van der Waals surface area contributed by atoms with Crippen molar-refractivity contribution in [3.05, 3.63) is 17.3 Å². The lowest BCUT2D eigenvalue weighted by molar-refractivity contribution is -0.00778. The molecule has 120 valence electrons. The molecule has 1 aliphatic heterocycles. The normalized spacial score (nSPS) is 21.7. The summed E-state index contributed by atoms with van der Waals surface area (Å²) in [6, 6.07) is 0.150. The Hall–Kier alpha value is -0.650. The maximum absolute atomic E-state index is 13.7. The molecule has 0 saturated carbocycles. The number of hydrogen-bond donors (Lipinski definition) is 1. The van der Waals surface area contributed by atoms with Gasteiger partial charge in [-0.25, -0.2) is 9.37 Å². The minimum atomic E-state index is -0.469. The van der Waals surface area contributed by atoms with Crippen molar-refractivity contribution >= 4 is 29.8 Å². The largest absolute Gasteiger partial charge is 0.365 e. The van der Waals surface area contributed by atoms with Crippen LogP contribution in [0.5, 0.6) is 0 Å². The Morgan fingerprint density at radius 1 is 1.29 bits per heavy atom. The van der Waals surface area contributed by atoms with Gasteiger partial charge in [-0.05, 0) is 59.2 Å². The summed E-state index contributed by atoms with van der Waals surface area (Å²) in [6.45, 7) is 8.80. The van der Waals surface area contributed by atoms with Crippen LogP contribution in [-0.4, -0.2) is 39.0 Å². The Morgan fingerprint density at radius 2 is 1.81 bits per heavy atom. The molecule has 0 spiro atoms. The molecular formula is C14H23Cl2FN4.